The summed E-state index contributed by atoms with van der Waals surface area (Å²) in [5.41, 5.74) is 1.18. The Morgan fingerprint density at radius 2 is 1.77 bits per heavy atom. The van der Waals surface area contributed by atoms with E-state index in [0.29, 0.717) is 31.3 Å². The van der Waals surface area contributed by atoms with Gasteiger partial charge in [0.05, 0.1) is 4.90 Å². The minimum atomic E-state index is -3.60. The van der Waals surface area contributed by atoms with Crippen LogP contribution >= 0.6 is 0 Å². The highest BCUT2D eigenvalue weighted by Crippen LogP contribution is 2.36. The fraction of sp³-hybridized carbons (Fsp3) is 0.538. The molecule has 0 radical (unpaired) electrons. The summed E-state index contributed by atoms with van der Waals surface area (Å²) in [5.74, 6) is -0.104. The van der Waals surface area contributed by atoms with Gasteiger partial charge in [-0.25, -0.2) is 8.42 Å². The minimum absolute atomic E-state index is 0.00462. The molecule has 1 N–H and O–H groups in total. The van der Waals surface area contributed by atoms with Crippen LogP contribution in [0.5, 0.6) is 0 Å². The maximum atomic E-state index is 13.2. The van der Waals surface area contributed by atoms with Crippen molar-refractivity contribution in [3.8, 4) is 0 Å². The number of nitrogens with zero attached hydrogens (tertiary/aromatic N) is 3. The molecule has 1 aromatic heterocycles. The van der Waals surface area contributed by atoms with Crippen molar-refractivity contribution in [3.63, 3.8) is 0 Å². The van der Waals surface area contributed by atoms with Crippen molar-refractivity contribution in [1.82, 2.24) is 13.8 Å². The average molecular weight is 500 g/mol. The number of rotatable bonds is 7. The molecule has 4 heterocycles. The third kappa shape index (κ3) is 5.08. The molecule has 2 fully saturated rings. The molecule has 9 heteroatoms. The number of hydrogen-bond acceptors (Lipinski definition) is 5. The number of likely N-dealkylation sites (tertiary alicyclic amines) is 1. The summed E-state index contributed by atoms with van der Waals surface area (Å²) < 4.78 is 29.9. The van der Waals surface area contributed by atoms with Gasteiger partial charge in [0.25, 0.3) is 5.56 Å². The van der Waals surface area contributed by atoms with Crippen molar-refractivity contribution in [2.24, 2.45) is 17.8 Å². The van der Waals surface area contributed by atoms with Crippen LogP contribution in [-0.4, -0.2) is 66.0 Å². The number of aliphatic carboxylic acids is 1. The molecule has 4 atom stereocenters. The minimum Gasteiger partial charge on any atom is -0.481 e. The highest BCUT2D eigenvalue weighted by Gasteiger charge is 2.38. The highest BCUT2D eigenvalue weighted by atomic mass is 32.2. The Balaban J connectivity index is 1.28. The van der Waals surface area contributed by atoms with Crippen LogP contribution in [0.15, 0.2) is 58.2 Å². The van der Waals surface area contributed by atoms with Gasteiger partial charge < -0.3 is 14.6 Å². The molecule has 2 bridgehead atoms. The predicted molar refractivity (Wildman–Crippen MR) is 132 cm³/mol. The maximum Gasteiger partial charge on any atom is 0.303 e. The van der Waals surface area contributed by atoms with E-state index >= 15 is 0 Å². The van der Waals surface area contributed by atoms with E-state index < -0.39 is 16.0 Å². The first-order chi connectivity index (χ1) is 16.8. The number of sulfonamides is 1. The molecule has 2 aromatic rings. The molecule has 0 saturated carbocycles. The van der Waals surface area contributed by atoms with E-state index in [9.17, 15) is 23.1 Å². The Morgan fingerprint density at radius 1 is 0.971 bits per heavy atom. The molecule has 8 nitrogen and oxygen atoms in total. The fourth-order valence-corrected chi connectivity index (χ4v) is 7.89. The van der Waals surface area contributed by atoms with Gasteiger partial charge in [-0.2, -0.15) is 4.31 Å². The second kappa shape index (κ2) is 9.87. The van der Waals surface area contributed by atoms with E-state index in [1.54, 1.807) is 40.7 Å². The number of carboxylic acid groups (broad SMARTS) is 1. The molecule has 0 amide bonds. The topological polar surface area (TPSA) is 99.9 Å². The summed E-state index contributed by atoms with van der Waals surface area (Å²) in [6, 6.07) is 14.0. The molecule has 35 heavy (non-hydrogen) atoms. The lowest BCUT2D eigenvalue weighted by Gasteiger charge is -2.44. The summed E-state index contributed by atoms with van der Waals surface area (Å²) >= 11 is 0. The normalized spacial score (nSPS) is 27.3. The maximum absolute atomic E-state index is 13.2. The van der Waals surface area contributed by atoms with E-state index in [4.69, 9.17) is 0 Å². The van der Waals surface area contributed by atoms with Gasteiger partial charge in [-0.15, -0.1) is 0 Å². The van der Waals surface area contributed by atoms with Gasteiger partial charge in [0.2, 0.25) is 10.0 Å². The number of aromatic nitrogens is 1. The summed E-state index contributed by atoms with van der Waals surface area (Å²) in [6.07, 6.45) is 2.49. The summed E-state index contributed by atoms with van der Waals surface area (Å²) in [6.45, 7) is 4.06. The van der Waals surface area contributed by atoms with E-state index in [1.165, 1.54) is 0 Å². The van der Waals surface area contributed by atoms with Crippen LogP contribution in [0.2, 0.25) is 0 Å². The molecule has 5 rings (SSSR count). The van der Waals surface area contributed by atoms with Gasteiger partial charge in [0.15, 0.2) is 0 Å². The zero-order chi connectivity index (χ0) is 24.6. The van der Waals surface area contributed by atoms with Crippen molar-refractivity contribution in [1.29, 1.82) is 0 Å². The largest absolute Gasteiger partial charge is 0.481 e. The molecule has 3 aliphatic rings. The Bertz CT molecular complexity index is 1230. The van der Waals surface area contributed by atoms with Crippen LogP contribution in [0.25, 0.3) is 0 Å². The summed E-state index contributed by atoms with van der Waals surface area (Å²) in [5, 5.41) is 9.46. The van der Waals surface area contributed by atoms with E-state index in [2.05, 4.69) is 11.0 Å². The van der Waals surface area contributed by atoms with Gasteiger partial charge in [0.1, 0.15) is 0 Å². The lowest BCUT2D eigenvalue weighted by Crippen LogP contribution is -2.48. The first-order valence-corrected chi connectivity index (χ1v) is 13.9. The third-order valence-electron chi connectivity index (χ3n) is 8.04. The van der Waals surface area contributed by atoms with Crippen LogP contribution in [0.1, 0.15) is 37.3 Å². The first-order valence-electron chi connectivity index (χ1n) is 12.5. The Hall–Kier alpha value is -2.49. The summed E-state index contributed by atoms with van der Waals surface area (Å²) in [4.78, 5) is 26.5. The highest BCUT2D eigenvalue weighted by molar-refractivity contribution is 7.89. The van der Waals surface area contributed by atoms with Gasteiger partial charge >= 0.3 is 5.97 Å². The number of hydrogen-bond donors (Lipinski definition) is 1. The Kier molecular flexibility index (Phi) is 6.83. The predicted octanol–water partition coefficient (Wildman–Crippen LogP) is 2.46. The lowest BCUT2D eigenvalue weighted by molar-refractivity contribution is -0.139. The second-order valence-electron chi connectivity index (χ2n) is 10.3. The number of benzene rings is 1. The van der Waals surface area contributed by atoms with Crippen molar-refractivity contribution >= 4 is 16.0 Å². The van der Waals surface area contributed by atoms with Gasteiger partial charge in [-0.3, -0.25) is 9.59 Å². The molecular formula is C26H33N3O5S. The monoisotopic (exact) mass is 499 g/mol. The van der Waals surface area contributed by atoms with Crippen LogP contribution < -0.4 is 5.56 Å². The summed E-state index contributed by atoms with van der Waals surface area (Å²) in [7, 11) is -3.60. The van der Waals surface area contributed by atoms with Crippen molar-refractivity contribution in [3.05, 3.63) is 64.6 Å². The van der Waals surface area contributed by atoms with E-state index in [1.807, 2.05) is 10.6 Å². The molecule has 0 unspecified atom stereocenters. The van der Waals surface area contributed by atoms with E-state index in [-0.39, 0.29) is 28.7 Å². The van der Waals surface area contributed by atoms with Crippen LogP contribution in [0.4, 0.5) is 0 Å². The average Bonchev–Trinajstić information content (AvgIpc) is 2.84. The lowest BCUT2D eigenvalue weighted by atomic mass is 9.80. The number of carboxylic acids is 1. The first kappa shape index (κ1) is 24.2. The van der Waals surface area contributed by atoms with Gasteiger partial charge in [-0.1, -0.05) is 24.3 Å². The van der Waals surface area contributed by atoms with Gasteiger partial charge in [-0.05, 0) is 61.8 Å². The quantitative estimate of drug-likeness (QED) is 0.628. The zero-order valence-electron chi connectivity index (χ0n) is 19.8. The smallest absolute Gasteiger partial charge is 0.303 e. The fourth-order valence-electron chi connectivity index (χ4n) is 6.35. The SMILES string of the molecule is O=C(O)C[C@@H]1CCN(S(=O)(=O)c2ccccc2)C[C@@H]1CCN1C[C@@H]2C[C@H](C1)c1cccc(=O)n1C2. The van der Waals surface area contributed by atoms with Crippen molar-refractivity contribution < 1.29 is 18.3 Å². The third-order valence-corrected chi connectivity index (χ3v) is 9.92. The zero-order valence-corrected chi connectivity index (χ0v) is 20.6. The molecule has 0 spiro atoms. The Morgan fingerprint density at radius 3 is 2.54 bits per heavy atom. The standard InChI is InChI=1S/C26H33N3O5S/c30-25-8-4-7-24-22-13-19(16-29(24)25)15-27(17-22)11-9-21-18-28(12-10-20(21)14-26(31)32)35(33,34)23-5-2-1-3-6-23/h1-8,19-22H,9-18H2,(H,31,32)/t19-,20-,21-,22+/m0/s1. The van der Waals surface area contributed by atoms with Crippen molar-refractivity contribution in [2.75, 3.05) is 32.7 Å². The molecule has 188 valence electrons. The van der Waals surface area contributed by atoms with Crippen LogP contribution in [0, 0.1) is 17.8 Å². The molecule has 0 aliphatic carbocycles. The number of piperidine rings is 2. The van der Waals surface area contributed by atoms with Crippen LogP contribution in [-0.2, 0) is 21.4 Å². The van der Waals surface area contributed by atoms with Gasteiger partial charge in [0, 0.05) is 56.8 Å². The van der Waals surface area contributed by atoms with Crippen LogP contribution in [0.3, 0.4) is 0 Å². The molecule has 2 saturated heterocycles. The number of fused-ring (bicyclic) bond motifs is 4. The van der Waals surface area contributed by atoms with E-state index in [0.717, 1.165) is 44.7 Å². The number of carbonyl (C=O) groups is 1. The molecule has 1 aromatic carbocycles. The number of pyridine rings is 1. The molecular weight excluding hydrogens is 466 g/mol. The molecule has 3 aliphatic heterocycles. The second-order valence-corrected chi connectivity index (χ2v) is 12.3. The van der Waals surface area contributed by atoms with Crippen molar-refractivity contribution in [2.45, 2.75) is 43.0 Å². The Labute approximate surface area is 206 Å².